The van der Waals surface area contributed by atoms with Gasteiger partial charge in [-0.1, -0.05) is 42.5 Å². The van der Waals surface area contributed by atoms with Crippen molar-refractivity contribution < 1.29 is 24.5 Å². The van der Waals surface area contributed by atoms with Gasteiger partial charge < -0.3 is 10.4 Å². The minimum Gasteiger partial charge on any atom is -0.479 e. The molecule has 0 fully saturated rings. The van der Waals surface area contributed by atoms with E-state index in [1.165, 1.54) is 0 Å². The summed E-state index contributed by atoms with van der Waals surface area (Å²) >= 11 is 0. The lowest BCUT2D eigenvalue weighted by Gasteiger charge is -2.13. The summed E-state index contributed by atoms with van der Waals surface area (Å²) in [4.78, 5) is 31.7. The molecule has 0 saturated heterocycles. The van der Waals surface area contributed by atoms with Gasteiger partial charge in [-0.25, -0.2) is 9.59 Å². The summed E-state index contributed by atoms with van der Waals surface area (Å²) in [6.45, 7) is 2.08. The molecule has 6 heteroatoms. The van der Waals surface area contributed by atoms with Crippen LogP contribution in [-0.2, 0) is 21.0 Å². The lowest BCUT2D eigenvalue weighted by molar-refractivity contribution is -0.271. The Hall–Kier alpha value is -2.60. The summed E-state index contributed by atoms with van der Waals surface area (Å²) in [6, 6.07) is 13.3. The highest BCUT2D eigenvalue weighted by molar-refractivity contribution is 5.86. The first-order valence-corrected chi connectivity index (χ1v) is 6.92. The molecule has 0 unspecified atom stereocenters. The Morgan fingerprint density at radius 3 is 2.64 bits per heavy atom. The molecule has 0 aliphatic carbocycles. The van der Waals surface area contributed by atoms with Crippen molar-refractivity contribution in [3.05, 3.63) is 48.0 Å². The Labute approximate surface area is 127 Å². The number of amides is 1. The van der Waals surface area contributed by atoms with E-state index in [4.69, 9.17) is 4.89 Å². The molecule has 22 heavy (non-hydrogen) atoms. The molecular weight excluding hydrogens is 286 g/mol. The molecule has 0 aliphatic heterocycles. The highest BCUT2D eigenvalue weighted by Crippen LogP contribution is 2.20. The van der Waals surface area contributed by atoms with Crippen LogP contribution in [0.3, 0.4) is 0 Å². The Kier molecular flexibility index (Phi) is 5.32. The largest absolute Gasteiger partial charge is 0.479 e. The number of carbonyl (C=O) groups is 2. The van der Waals surface area contributed by atoms with Crippen molar-refractivity contribution in [3.63, 3.8) is 0 Å². The highest BCUT2D eigenvalue weighted by Gasteiger charge is 2.23. The third kappa shape index (κ3) is 3.95. The molecule has 6 nitrogen and oxygen atoms in total. The molecule has 0 saturated carbocycles. The Balaban J connectivity index is 2.13. The monoisotopic (exact) mass is 303 g/mol. The number of aliphatic carboxylic acids is 1. The van der Waals surface area contributed by atoms with Crippen molar-refractivity contribution in [1.82, 2.24) is 5.32 Å². The fourth-order valence-corrected chi connectivity index (χ4v) is 2.11. The van der Waals surface area contributed by atoms with Gasteiger partial charge >= 0.3 is 12.1 Å². The highest BCUT2D eigenvalue weighted by atomic mass is 17.2. The molecule has 2 aromatic carbocycles. The third-order valence-corrected chi connectivity index (χ3v) is 3.12. The van der Waals surface area contributed by atoms with Crippen molar-refractivity contribution in [2.24, 2.45) is 0 Å². The van der Waals surface area contributed by atoms with Crippen LogP contribution in [0, 0.1) is 0 Å². The lowest BCUT2D eigenvalue weighted by Crippen LogP contribution is -2.31. The zero-order chi connectivity index (χ0) is 15.9. The summed E-state index contributed by atoms with van der Waals surface area (Å²) < 4.78 is 0. The summed E-state index contributed by atoms with van der Waals surface area (Å²) in [5.41, 5.74) is 0.810. The molecule has 0 spiro atoms. The molecule has 0 bridgehead atoms. The Morgan fingerprint density at radius 2 is 1.91 bits per heavy atom. The number of benzene rings is 2. The van der Waals surface area contributed by atoms with Crippen LogP contribution < -0.4 is 5.32 Å². The topological polar surface area (TPSA) is 84.9 Å². The number of hydrogen-bond donors (Lipinski definition) is 2. The maximum Gasteiger partial charge on any atom is 0.438 e. The van der Waals surface area contributed by atoms with Crippen LogP contribution in [0.25, 0.3) is 10.8 Å². The second kappa shape index (κ2) is 7.42. The fraction of sp³-hybridized carbons (Fsp3) is 0.250. The molecule has 2 rings (SSSR count). The number of hydrogen-bond acceptors (Lipinski definition) is 4. The molecule has 0 aliphatic rings. The predicted molar refractivity (Wildman–Crippen MR) is 80.3 cm³/mol. The molecule has 2 N–H and O–H groups in total. The number of nitrogens with one attached hydrogen (secondary N) is 1. The fourth-order valence-electron chi connectivity index (χ4n) is 2.11. The van der Waals surface area contributed by atoms with Gasteiger partial charge in [0, 0.05) is 13.0 Å². The lowest BCUT2D eigenvalue weighted by atomic mass is 10.00. The van der Waals surface area contributed by atoms with Crippen molar-refractivity contribution in [3.8, 4) is 0 Å². The molecule has 2 aromatic rings. The summed E-state index contributed by atoms with van der Waals surface area (Å²) in [7, 11) is 0. The third-order valence-electron chi connectivity index (χ3n) is 3.12. The van der Waals surface area contributed by atoms with E-state index in [0.29, 0.717) is 6.54 Å². The van der Waals surface area contributed by atoms with Gasteiger partial charge in [-0.15, -0.1) is 0 Å². The molecule has 0 radical (unpaired) electrons. The van der Waals surface area contributed by atoms with Crippen LogP contribution in [0.2, 0.25) is 0 Å². The van der Waals surface area contributed by atoms with E-state index < -0.39 is 18.2 Å². The second-order valence-corrected chi connectivity index (χ2v) is 4.67. The quantitative estimate of drug-likeness (QED) is 0.632. The minimum atomic E-state index is -1.27. The molecular formula is C16H17NO5. The first-order valence-electron chi connectivity index (χ1n) is 6.92. The smallest absolute Gasteiger partial charge is 0.438 e. The van der Waals surface area contributed by atoms with Crippen molar-refractivity contribution in [1.29, 1.82) is 0 Å². The number of rotatable bonds is 6. The average Bonchev–Trinajstić information content (AvgIpc) is 2.51. The maximum absolute atomic E-state index is 11.3. The van der Waals surface area contributed by atoms with Gasteiger partial charge in [-0.3, -0.25) is 4.89 Å². The zero-order valence-electron chi connectivity index (χ0n) is 12.1. The van der Waals surface area contributed by atoms with Crippen LogP contribution in [0.5, 0.6) is 0 Å². The van der Waals surface area contributed by atoms with Gasteiger partial charge in [0.05, 0.1) is 0 Å². The van der Waals surface area contributed by atoms with Gasteiger partial charge in [-0.05, 0) is 23.3 Å². The van der Waals surface area contributed by atoms with Gasteiger partial charge in [0.25, 0.3) is 0 Å². The van der Waals surface area contributed by atoms with Crippen molar-refractivity contribution in [2.45, 2.75) is 19.4 Å². The van der Waals surface area contributed by atoms with Crippen molar-refractivity contribution >= 4 is 22.8 Å². The van der Waals surface area contributed by atoms with Crippen LogP contribution in [0.4, 0.5) is 4.79 Å². The first kappa shape index (κ1) is 15.8. The van der Waals surface area contributed by atoms with Gasteiger partial charge in [-0.2, -0.15) is 4.89 Å². The molecule has 1 atom stereocenters. The van der Waals surface area contributed by atoms with E-state index in [0.717, 1.165) is 16.3 Å². The van der Waals surface area contributed by atoms with E-state index in [1.807, 2.05) is 42.5 Å². The maximum atomic E-state index is 11.3. The van der Waals surface area contributed by atoms with Gasteiger partial charge in [0.1, 0.15) is 0 Å². The van der Waals surface area contributed by atoms with Crippen molar-refractivity contribution in [2.75, 3.05) is 6.54 Å². The second-order valence-electron chi connectivity index (χ2n) is 4.67. The summed E-state index contributed by atoms with van der Waals surface area (Å²) in [5.74, 6) is -1.20. The summed E-state index contributed by atoms with van der Waals surface area (Å²) in [5, 5.41) is 13.5. The zero-order valence-corrected chi connectivity index (χ0v) is 12.1. The van der Waals surface area contributed by atoms with Crippen LogP contribution in [0.1, 0.15) is 12.5 Å². The van der Waals surface area contributed by atoms with E-state index in [-0.39, 0.29) is 6.42 Å². The van der Waals surface area contributed by atoms with E-state index in [2.05, 4.69) is 10.2 Å². The van der Waals surface area contributed by atoms with E-state index >= 15 is 0 Å². The van der Waals surface area contributed by atoms with Gasteiger partial charge in [0.2, 0.25) is 6.10 Å². The summed E-state index contributed by atoms with van der Waals surface area (Å²) in [6.07, 6.45) is -1.99. The molecule has 0 aromatic heterocycles. The number of carboxylic acid groups (broad SMARTS) is 1. The first-order chi connectivity index (χ1) is 10.6. The standard InChI is InChI=1S/C16H17NO5/c1-2-17-16(20)22-21-14(15(18)19)10-12-8-5-7-11-6-3-4-9-13(11)12/h3-9,14H,2,10H2,1H3,(H,17,20)(H,18,19)/t14-/m0/s1. The van der Waals surface area contributed by atoms with E-state index in [1.54, 1.807) is 6.92 Å². The Bertz CT molecular complexity index is 665. The van der Waals surface area contributed by atoms with Crippen LogP contribution in [0.15, 0.2) is 42.5 Å². The number of fused-ring (bicyclic) bond motifs is 1. The van der Waals surface area contributed by atoms with E-state index in [9.17, 15) is 14.7 Å². The normalized spacial score (nSPS) is 11.9. The molecule has 0 heterocycles. The number of carbonyl (C=O) groups excluding carboxylic acids is 1. The molecule has 1 amide bonds. The van der Waals surface area contributed by atoms with Gasteiger partial charge in [0.15, 0.2) is 0 Å². The minimum absolute atomic E-state index is 0.0933. The average molecular weight is 303 g/mol. The van der Waals surface area contributed by atoms with Crippen LogP contribution in [-0.4, -0.2) is 29.8 Å². The SMILES string of the molecule is CCNC(=O)OO[C@@H](Cc1cccc2ccccc12)C(=O)O. The predicted octanol–water partition coefficient (Wildman–Crippen LogP) is 2.51. The van der Waals surface area contributed by atoms with Crippen LogP contribution >= 0.6 is 0 Å². The molecule has 116 valence electrons. The number of carboxylic acids is 1. The Morgan fingerprint density at radius 1 is 1.18 bits per heavy atom.